The van der Waals surface area contributed by atoms with Gasteiger partial charge in [-0.1, -0.05) is 57.9 Å². The molecule has 0 bridgehead atoms. The van der Waals surface area contributed by atoms with Crippen LogP contribution in [0.4, 0.5) is 0 Å². The van der Waals surface area contributed by atoms with E-state index < -0.39 is 0 Å². The summed E-state index contributed by atoms with van der Waals surface area (Å²) in [4.78, 5) is 3.98. The minimum atomic E-state index is 0.430. The molecular formula is C17H13BrClNO. The van der Waals surface area contributed by atoms with E-state index in [-0.39, 0.29) is 0 Å². The highest BCUT2D eigenvalue weighted by molar-refractivity contribution is 9.08. The van der Waals surface area contributed by atoms with Crippen molar-refractivity contribution in [1.82, 2.24) is 4.98 Å². The molecule has 3 rings (SSSR count). The molecule has 0 fully saturated rings. The van der Waals surface area contributed by atoms with E-state index in [0.29, 0.717) is 11.6 Å². The monoisotopic (exact) mass is 361 g/mol. The molecule has 1 heterocycles. The summed E-state index contributed by atoms with van der Waals surface area (Å²) in [7, 11) is 0. The maximum Gasteiger partial charge on any atom is 0.124 e. The number of alkyl halides is 1. The first-order chi connectivity index (χ1) is 10.3. The summed E-state index contributed by atoms with van der Waals surface area (Å²) in [5, 5.41) is 3.78. The number of pyridine rings is 1. The second-order valence-electron chi connectivity index (χ2n) is 4.65. The Balaban J connectivity index is 1.92. The average Bonchev–Trinajstić information content (AvgIpc) is 2.53. The van der Waals surface area contributed by atoms with Crippen molar-refractivity contribution in [3.63, 3.8) is 0 Å². The molecule has 0 atom stereocenters. The Morgan fingerprint density at radius 3 is 2.76 bits per heavy atom. The van der Waals surface area contributed by atoms with Crippen molar-refractivity contribution in [2.24, 2.45) is 0 Å². The third kappa shape index (κ3) is 3.04. The standard InChI is InChI=1S/C17H13BrClNO/c18-9-15-14-4-2-1-3-12(14)5-6-17(15)21-11-13-7-8-20-10-16(13)19/h1-8,10H,9,11H2. The van der Waals surface area contributed by atoms with Gasteiger partial charge in [0, 0.05) is 28.9 Å². The average molecular weight is 363 g/mol. The lowest BCUT2D eigenvalue weighted by molar-refractivity contribution is 0.304. The first-order valence-electron chi connectivity index (χ1n) is 6.57. The van der Waals surface area contributed by atoms with Crippen LogP contribution in [-0.2, 0) is 11.9 Å². The molecule has 21 heavy (non-hydrogen) atoms. The highest BCUT2D eigenvalue weighted by atomic mass is 79.9. The Morgan fingerprint density at radius 2 is 1.95 bits per heavy atom. The van der Waals surface area contributed by atoms with E-state index >= 15 is 0 Å². The van der Waals surface area contributed by atoms with Crippen LogP contribution < -0.4 is 4.74 Å². The van der Waals surface area contributed by atoms with E-state index in [4.69, 9.17) is 16.3 Å². The van der Waals surface area contributed by atoms with Crippen molar-refractivity contribution in [1.29, 1.82) is 0 Å². The Morgan fingerprint density at radius 1 is 1.10 bits per heavy atom. The first kappa shape index (κ1) is 14.4. The fourth-order valence-electron chi connectivity index (χ4n) is 2.27. The first-order valence-corrected chi connectivity index (χ1v) is 8.07. The highest BCUT2D eigenvalue weighted by Gasteiger charge is 2.08. The molecule has 0 saturated heterocycles. The number of aromatic nitrogens is 1. The Bertz CT molecular complexity index is 776. The maximum absolute atomic E-state index is 6.11. The van der Waals surface area contributed by atoms with Gasteiger partial charge < -0.3 is 4.74 Å². The van der Waals surface area contributed by atoms with E-state index in [2.05, 4.69) is 39.1 Å². The van der Waals surface area contributed by atoms with Crippen LogP contribution in [0.2, 0.25) is 5.02 Å². The minimum Gasteiger partial charge on any atom is -0.489 e. The van der Waals surface area contributed by atoms with Crippen LogP contribution in [0.5, 0.6) is 5.75 Å². The zero-order valence-corrected chi connectivity index (χ0v) is 13.6. The van der Waals surface area contributed by atoms with E-state index in [1.807, 2.05) is 24.3 Å². The fraction of sp³-hybridized carbons (Fsp3) is 0.118. The van der Waals surface area contributed by atoms with Gasteiger partial charge in [0.1, 0.15) is 12.4 Å². The Labute approximate surface area is 136 Å². The van der Waals surface area contributed by atoms with Crippen molar-refractivity contribution in [2.75, 3.05) is 0 Å². The minimum absolute atomic E-state index is 0.430. The van der Waals surface area contributed by atoms with Crippen molar-refractivity contribution in [3.05, 3.63) is 71.0 Å². The molecule has 0 unspecified atom stereocenters. The number of halogens is 2. The van der Waals surface area contributed by atoms with Crippen LogP contribution in [0.15, 0.2) is 54.9 Å². The lowest BCUT2D eigenvalue weighted by Crippen LogP contribution is -1.99. The van der Waals surface area contributed by atoms with Crippen molar-refractivity contribution in [2.45, 2.75) is 11.9 Å². The zero-order chi connectivity index (χ0) is 14.7. The van der Waals surface area contributed by atoms with Crippen molar-refractivity contribution >= 4 is 38.3 Å². The van der Waals surface area contributed by atoms with Gasteiger partial charge >= 0.3 is 0 Å². The van der Waals surface area contributed by atoms with Crippen molar-refractivity contribution in [3.8, 4) is 5.75 Å². The molecule has 0 amide bonds. The van der Waals surface area contributed by atoms with Gasteiger partial charge in [-0.15, -0.1) is 0 Å². The largest absolute Gasteiger partial charge is 0.489 e. The number of hydrogen-bond donors (Lipinski definition) is 0. The van der Waals surface area contributed by atoms with Crippen LogP contribution in [-0.4, -0.2) is 4.98 Å². The van der Waals surface area contributed by atoms with Crippen LogP contribution in [0.1, 0.15) is 11.1 Å². The van der Waals surface area contributed by atoms with Gasteiger partial charge in [0.05, 0.1) is 5.02 Å². The summed E-state index contributed by atoms with van der Waals surface area (Å²) in [6, 6.07) is 14.2. The molecular weight excluding hydrogens is 350 g/mol. The molecule has 0 saturated carbocycles. The number of nitrogens with zero attached hydrogens (tertiary/aromatic N) is 1. The number of hydrogen-bond acceptors (Lipinski definition) is 2. The normalized spacial score (nSPS) is 10.8. The summed E-state index contributed by atoms with van der Waals surface area (Å²) in [5.41, 5.74) is 2.08. The molecule has 1 aromatic heterocycles. The van der Waals surface area contributed by atoms with Crippen LogP contribution in [0, 0.1) is 0 Å². The smallest absolute Gasteiger partial charge is 0.124 e. The fourth-order valence-corrected chi connectivity index (χ4v) is 3.02. The summed E-state index contributed by atoms with van der Waals surface area (Å²) >= 11 is 9.66. The number of ether oxygens (including phenoxy) is 1. The van der Waals surface area contributed by atoms with E-state index in [9.17, 15) is 0 Å². The van der Waals surface area contributed by atoms with Crippen molar-refractivity contribution < 1.29 is 4.74 Å². The predicted molar refractivity (Wildman–Crippen MR) is 90.2 cm³/mol. The lowest BCUT2D eigenvalue weighted by Gasteiger charge is -2.13. The van der Waals surface area contributed by atoms with Crippen LogP contribution in [0.3, 0.4) is 0 Å². The molecule has 0 radical (unpaired) electrons. The topological polar surface area (TPSA) is 22.1 Å². The van der Waals surface area contributed by atoms with E-state index in [1.54, 1.807) is 12.4 Å². The maximum atomic E-state index is 6.11. The molecule has 0 aliphatic rings. The second-order valence-corrected chi connectivity index (χ2v) is 5.62. The molecule has 106 valence electrons. The van der Waals surface area contributed by atoms with Gasteiger partial charge in [-0.25, -0.2) is 0 Å². The Hall–Kier alpha value is -1.58. The molecule has 4 heteroatoms. The van der Waals surface area contributed by atoms with Gasteiger partial charge in [0.25, 0.3) is 0 Å². The zero-order valence-electron chi connectivity index (χ0n) is 11.2. The van der Waals surface area contributed by atoms with E-state index in [0.717, 1.165) is 22.2 Å². The van der Waals surface area contributed by atoms with Gasteiger partial charge in [-0.2, -0.15) is 0 Å². The second kappa shape index (κ2) is 6.46. The third-order valence-corrected chi connectivity index (χ3v) is 4.27. The predicted octanol–water partition coefficient (Wildman–Crippen LogP) is 5.36. The van der Waals surface area contributed by atoms with Gasteiger partial charge in [0.2, 0.25) is 0 Å². The Kier molecular flexibility index (Phi) is 4.42. The van der Waals surface area contributed by atoms with Gasteiger partial charge in [-0.05, 0) is 22.9 Å². The molecule has 0 aliphatic carbocycles. The molecule has 0 aliphatic heterocycles. The summed E-state index contributed by atoms with van der Waals surface area (Å²) in [5.74, 6) is 0.874. The molecule has 2 aromatic carbocycles. The molecule has 2 nitrogen and oxygen atoms in total. The van der Waals surface area contributed by atoms with Gasteiger partial charge in [-0.3, -0.25) is 4.98 Å². The number of fused-ring (bicyclic) bond motifs is 1. The molecule has 0 N–H and O–H groups in total. The third-order valence-electron chi connectivity index (χ3n) is 3.37. The number of rotatable bonds is 4. The number of benzene rings is 2. The highest BCUT2D eigenvalue weighted by Crippen LogP contribution is 2.30. The van der Waals surface area contributed by atoms with Crippen LogP contribution in [0.25, 0.3) is 10.8 Å². The van der Waals surface area contributed by atoms with E-state index in [1.165, 1.54) is 10.8 Å². The summed E-state index contributed by atoms with van der Waals surface area (Å²) in [6.07, 6.45) is 3.35. The summed E-state index contributed by atoms with van der Waals surface area (Å²) < 4.78 is 5.96. The summed E-state index contributed by atoms with van der Waals surface area (Å²) in [6.45, 7) is 0.430. The molecule has 3 aromatic rings. The quantitative estimate of drug-likeness (QED) is 0.583. The lowest BCUT2D eigenvalue weighted by atomic mass is 10.0. The van der Waals surface area contributed by atoms with Gasteiger partial charge in [0.15, 0.2) is 0 Å². The van der Waals surface area contributed by atoms with Crippen LogP contribution >= 0.6 is 27.5 Å². The molecule has 0 spiro atoms. The SMILES string of the molecule is Clc1cnccc1COc1ccc2ccccc2c1CBr.